The predicted molar refractivity (Wildman–Crippen MR) is 73.5 cm³/mol. The van der Waals surface area contributed by atoms with E-state index in [4.69, 9.17) is 5.73 Å². The van der Waals surface area contributed by atoms with E-state index in [1.54, 1.807) is 6.92 Å². The zero-order chi connectivity index (χ0) is 15.7. The SMILES string of the molecule is CC(NS(=O)(=O)c1ccc(F)c(CN)c1F)C(C)(C)C. The highest BCUT2D eigenvalue weighted by Gasteiger charge is 2.29. The van der Waals surface area contributed by atoms with Gasteiger partial charge >= 0.3 is 0 Å². The Bertz CT molecular complexity index is 595. The van der Waals surface area contributed by atoms with Crippen LogP contribution in [0.4, 0.5) is 8.78 Å². The van der Waals surface area contributed by atoms with Crippen molar-refractivity contribution in [3.8, 4) is 0 Å². The van der Waals surface area contributed by atoms with Crippen LogP contribution in [0.2, 0.25) is 0 Å². The van der Waals surface area contributed by atoms with Crippen molar-refractivity contribution in [2.24, 2.45) is 11.1 Å². The van der Waals surface area contributed by atoms with E-state index in [0.717, 1.165) is 12.1 Å². The van der Waals surface area contributed by atoms with Gasteiger partial charge in [0.2, 0.25) is 10.0 Å². The molecule has 3 N–H and O–H groups in total. The first-order valence-electron chi connectivity index (χ1n) is 6.20. The van der Waals surface area contributed by atoms with Crippen LogP contribution >= 0.6 is 0 Å². The molecule has 0 heterocycles. The summed E-state index contributed by atoms with van der Waals surface area (Å²) < 4.78 is 54.1. The Morgan fingerprint density at radius 1 is 1.30 bits per heavy atom. The Morgan fingerprint density at radius 2 is 1.85 bits per heavy atom. The van der Waals surface area contributed by atoms with E-state index >= 15 is 0 Å². The van der Waals surface area contributed by atoms with E-state index in [1.807, 2.05) is 20.8 Å². The Kier molecular flexibility index (Phi) is 4.89. The van der Waals surface area contributed by atoms with Crippen LogP contribution in [0.3, 0.4) is 0 Å². The fraction of sp³-hybridized carbons (Fsp3) is 0.538. The van der Waals surface area contributed by atoms with Crippen molar-refractivity contribution in [2.45, 2.75) is 45.2 Å². The Balaban J connectivity index is 3.24. The van der Waals surface area contributed by atoms with Gasteiger partial charge in [0, 0.05) is 18.2 Å². The summed E-state index contributed by atoms with van der Waals surface area (Å²) in [5.41, 5.74) is 4.47. The molecule has 0 aliphatic carbocycles. The monoisotopic (exact) mass is 306 g/mol. The van der Waals surface area contributed by atoms with E-state index in [1.165, 1.54) is 0 Å². The highest BCUT2D eigenvalue weighted by molar-refractivity contribution is 7.89. The van der Waals surface area contributed by atoms with Gasteiger partial charge in [-0.2, -0.15) is 0 Å². The van der Waals surface area contributed by atoms with Crippen LogP contribution < -0.4 is 10.5 Å². The van der Waals surface area contributed by atoms with Crippen LogP contribution in [0.1, 0.15) is 33.3 Å². The van der Waals surface area contributed by atoms with E-state index < -0.39 is 44.7 Å². The number of rotatable bonds is 4. The summed E-state index contributed by atoms with van der Waals surface area (Å²) in [5.74, 6) is -1.99. The maximum atomic E-state index is 14.0. The highest BCUT2D eigenvalue weighted by Crippen LogP contribution is 2.24. The molecule has 0 aromatic heterocycles. The lowest BCUT2D eigenvalue weighted by Crippen LogP contribution is -2.41. The van der Waals surface area contributed by atoms with Gasteiger partial charge in [0.05, 0.1) is 0 Å². The second-order valence-corrected chi connectivity index (χ2v) is 7.43. The van der Waals surface area contributed by atoms with Crippen LogP contribution in [-0.2, 0) is 16.6 Å². The molecular formula is C13H20F2N2O2S. The fourth-order valence-electron chi connectivity index (χ4n) is 1.44. The molecule has 4 nitrogen and oxygen atoms in total. The summed E-state index contributed by atoms with van der Waals surface area (Å²) >= 11 is 0. The van der Waals surface area contributed by atoms with Crippen molar-refractivity contribution in [2.75, 3.05) is 0 Å². The zero-order valence-electron chi connectivity index (χ0n) is 12.0. The quantitative estimate of drug-likeness (QED) is 0.895. The molecule has 0 amide bonds. The summed E-state index contributed by atoms with van der Waals surface area (Å²) in [6.45, 7) is 6.84. The predicted octanol–water partition coefficient (Wildman–Crippen LogP) is 2.14. The van der Waals surface area contributed by atoms with Gasteiger partial charge in [-0.1, -0.05) is 20.8 Å². The topological polar surface area (TPSA) is 72.2 Å². The number of benzene rings is 1. The molecule has 1 atom stereocenters. The lowest BCUT2D eigenvalue weighted by atomic mass is 9.89. The second-order valence-electron chi connectivity index (χ2n) is 5.75. The first-order chi connectivity index (χ1) is 9.00. The molecule has 0 aliphatic rings. The van der Waals surface area contributed by atoms with Gasteiger partial charge in [-0.05, 0) is 24.5 Å². The van der Waals surface area contributed by atoms with Crippen molar-refractivity contribution in [1.29, 1.82) is 0 Å². The molecule has 20 heavy (non-hydrogen) atoms. The smallest absolute Gasteiger partial charge is 0.243 e. The fourth-order valence-corrected chi connectivity index (χ4v) is 3.00. The van der Waals surface area contributed by atoms with Gasteiger partial charge in [-0.25, -0.2) is 21.9 Å². The van der Waals surface area contributed by atoms with Gasteiger partial charge in [-0.3, -0.25) is 0 Å². The van der Waals surface area contributed by atoms with E-state index in [9.17, 15) is 17.2 Å². The lowest BCUT2D eigenvalue weighted by molar-refractivity contribution is 0.317. The number of nitrogens with one attached hydrogen (secondary N) is 1. The number of nitrogens with two attached hydrogens (primary N) is 1. The van der Waals surface area contributed by atoms with Crippen molar-refractivity contribution in [1.82, 2.24) is 4.72 Å². The molecule has 0 saturated heterocycles. The number of halogens is 2. The summed E-state index contributed by atoms with van der Waals surface area (Å²) in [6.07, 6.45) is 0. The first kappa shape index (κ1) is 17.0. The standard InChI is InChI=1S/C13H20F2N2O2S/c1-8(13(2,3)4)17-20(18,19)11-6-5-10(14)9(7-16)12(11)15/h5-6,8,17H,7,16H2,1-4H3. The molecular weight excluding hydrogens is 286 g/mol. The van der Waals surface area contributed by atoms with Crippen LogP contribution in [-0.4, -0.2) is 14.5 Å². The van der Waals surface area contributed by atoms with Crippen LogP contribution in [0.5, 0.6) is 0 Å². The minimum absolute atomic E-state index is 0.333. The minimum atomic E-state index is -4.07. The first-order valence-corrected chi connectivity index (χ1v) is 7.68. The van der Waals surface area contributed by atoms with Gasteiger partial charge in [-0.15, -0.1) is 0 Å². The Labute approximate surface area is 118 Å². The maximum absolute atomic E-state index is 14.0. The second kappa shape index (κ2) is 5.75. The van der Waals surface area contributed by atoms with Gasteiger partial charge in [0.25, 0.3) is 0 Å². The lowest BCUT2D eigenvalue weighted by Gasteiger charge is -2.28. The molecule has 1 aromatic carbocycles. The third-order valence-corrected chi connectivity index (χ3v) is 4.83. The summed E-state index contributed by atoms with van der Waals surface area (Å²) in [5, 5.41) is 0. The highest BCUT2D eigenvalue weighted by atomic mass is 32.2. The van der Waals surface area contributed by atoms with Crippen molar-refractivity contribution in [3.05, 3.63) is 29.3 Å². The van der Waals surface area contributed by atoms with Crippen molar-refractivity contribution < 1.29 is 17.2 Å². The van der Waals surface area contributed by atoms with E-state index in [2.05, 4.69) is 4.72 Å². The molecule has 0 fully saturated rings. The molecule has 0 bridgehead atoms. The molecule has 1 unspecified atom stereocenters. The Hall–Kier alpha value is -1.05. The average molecular weight is 306 g/mol. The number of sulfonamides is 1. The van der Waals surface area contributed by atoms with Gasteiger partial charge in [0.15, 0.2) is 5.82 Å². The summed E-state index contributed by atoms with van der Waals surface area (Å²) in [4.78, 5) is -0.588. The molecule has 1 aromatic rings. The third kappa shape index (κ3) is 3.53. The third-order valence-electron chi connectivity index (χ3n) is 3.28. The largest absolute Gasteiger partial charge is 0.326 e. The molecule has 1 rings (SSSR count). The average Bonchev–Trinajstić information content (AvgIpc) is 2.27. The van der Waals surface area contributed by atoms with Gasteiger partial charge < -0.3 is 5.73 Å². The van der Waals surface area contributed by atoms with Gasteiger partial charge in [0.1, 0.15) is 10.7 Å². The van der Waals surface area contributed by atoms with Crippen molar-refractivity contribution in [3.63, 3.8) is 0 Å². The minimum Gasteiger partial charge on any atom is -0.326 e. The molecule has 0 spiro atoms. The Morgan fingerprint density at radius 3 is 2.30 bits per heavy atom. The van der Waals surface area contributed by atoms with Crippen LogP contribution in [0.25, 0.3) is 0 Å². The zero-order valence-corrected chi connectivity index (χ0v) is 12.8. The summed E-state index contributed by atoms with van der Waals surface area (Å²) in [6, 6.07) is 1.39. The molecule has 0 radical (unpaired) electrons. The van der Waals surface area contributed by atoms with E-state index in [-0.39, 0.29) is 5.41 Å². The van der Waals surface area contributed by atoms with Crippen molar-refractivity contribution >= 4 is 10.0 Å². The maximum Gasteiger partial charge on any atom is 0.243 e. The molecule has 114 valence electrons. The van der Waals surface area contributed by atoms with E-state index in [0.29, 0.717) is 0 Å². The van der Waals surface area contributed by atoms with Crippen LogP contribution in [0.15, 0.2) is 17.0 Å². The molecule has 0 saturated carbocycles. The summed E-state index contributed by atoms with van der Waals surface area (Å²) in [7, 11) is -4.07. The molecule has 7 heteroatoms. The normalized spacial score (nSPS) is 14.3. The molecule has 0 aliphatic heterocycles. The number of hydrogen-bond acceptors (Lipinski definition) is 3. The number of hydrogen-bond donors (Lipinski definition) is 2. The van der Waals surface area contributed by atoms with Crippen LogP contribution in [0, 0.1) is 17.0 Å².